The van der Waals surface area contributed by atoms with Crippen molar-refractivity contribution in [2.75, 3.05) is 13.1 Å². The Kier molecular flexibility index (Phi) is 4.33. The van der Waals surface area contributed by atoms with Crippen LogP contribution in [-0.2, 0) is 10.3 Å². The van der Waals surface area contributed by atoms with Gasteiger partial charge in [-0.3, -0.25) is 0 Å². The molecule has 1 amide bonds. The van der Waals surface area contributed by atoms with Crippen molar-refractivity contribution in [1.29, 1.82) is 0 Å². The van der Waals surface area contributed by atoms with Crippen LogP contribution in [0.2, 0.25) is 0 Å². The van der Waals surface area contributed by atoms with Crippen LogP contribution in [-0.4, -0.2) is 42.6 Å². The predicted octanol–water partition coefficient (Wildman–Crippen LogP) is 1.16. The summed E-state index contributed by atoms with van der Waals surface area (Å²) in [5.41, 5.74) is 0.517. The van der Waals surface area contributed by atoms with Crippen LogP contribution in [0.25, 0.3) is 0 Å². The van der Waals surface area contributed by atoms with E-state index in [0.29, 0.717) is 13.0 Å². The number of ether oxygens (including phenoxy) is 1. The Hall–Kier alpha value is -1.49. The van der Waals surface area contributed by atoms with Crippen LogP contribution < -0.4 is 5.46 Å². The van der Waals surface area contributed by atoms with Gasteiger partial charge in [-0.15, -0.1) is 0 Å². The zero-order valence-electron chi connectivity index (χ0n) is 13.3. The molecule has 1 aromatic rings. The van der Waals surface area contributed by atoms with Crippen molar-refractivity contribution < 1.29 is 14.6 Å². The van der Waals surface area contributed by atoms with Crippen LogP contribution >= 0.6 is 0 Å². The normalized spacial score (nSPS) is 23.0. The van der Waals surface area contributed by atoms with Crippen molar-refractivity contribution >= 4 is 19.4 Å². The van der Waals surface area contributed by atoms with Crippen LogP contribution in [0.15, 0.2) is 24.3 Å². The van der Waals surface area contributed by atoms with Gasteiger partial charge in [0.05, 0.1) is 6.54 Å². The fourth-order valence-electron chi connectivity index (χ4n) is 2.62. The summed E-state index contributed by atoms with van der Waals surface area (Å²) < 4.78 is 5.40. The lowest BCUT2D eigenvalue weighted by Gasteiger charge is -2.40. The number of aliphatic hydroxyl groups is 1. The van der Waals surface area contributed by atoms with Gasteiger partial charge in [0, 0.05) is 6.54 Å². The van der Waals surface area contributed by atoms with Crippen molar-refractivity contribution in [3.8, 4) is 0 Å². The lowest BCUT2D eigenvalue weighted by molar-refractivity contribution is -0.0465. The molecule has 1 aliphatic rings. The van der Waals surface area contributed by atoms with Gasteiger partial charge in [0.1, 0.15) is 19.0 Å². The highest BCUT2D eigenvalue weighted by Crippen LogP contribution is 2.31. The number of benzene rings is 1. The standard InChI is InChI=1S/C16H24BNO3/c1-15(2,3)21-14(19)18-10-4-9-16(20,11-18)12-5-7-13(17)8-6-12/h5-8,20H,4,9-11,17H2,1-3H3. The number of nitrogens with zero attached hydrogens (tertiary/aromatic N) is 1. The molecule has 1 heterocycles. The molecule has 0 bridgehead atoms. The maximum atomic E-state index is 12.2. The third-order valence-corrected chi connectivity index (χ3v) is 3.71. The average molecular weight is 289 g/mol. The van der Waals surface area contributed by atoms with Gasteiger partial charge in [-0.1, -0.05) is 29.7 Å². The molecule has 0 radical (unpaired) electrons. The molecule has 0 saturated carbocycles. The first-order valence-corrected chi connectivity index (χ1v) is 7.47. The summed E-state index contributed by atoms with van der Waals surface area (Å²) in [5, 5.41) is 10.9. The van der Waals surface area contributed by atoms with Gasteiger partial charge in [-0.05, 0) is 39.2 Å². The number of piperidine rings is 1. The van der Waals surface area contributed by atoms with Crippen LogP contribution in [0.1, 0.15) is 39.2 Å². The van der Waals surface area contributed by atoms with E-state index in [-0.39, 0.29) is 12.6 Å². The molecular weight excluding hydrogens is 265 g/mol. The third-order valence-electron chi connectivity index (χ3n) is 3.71. The lowest BCUT2D eigenvalue weighted by atomic mass is 9.84. The highest BCUT2D eigenvalue weighted by molar-refractivity contribution is 6.32. The molecule has 4 nitrogen and oxygen atoms in total. The molecule has 1 saturated heterocycles. The monoisotopic (exact) mass is 289 g/mol. The average Bonchev–Trinajstić information content (AvgIpc) is 2.37. The van der Waals surface area contributed by atoms with E-state index in [0.717, 1.165) is 17.4 Å². The number of hydrogen-bond acceptors (Lipinski definition) is 3. The Morgan fingerprint density at radius 3 is 2.52 bits per heavy atom. The van der Waals surface area contributed by atoms with Gasteiger partial charge in [0.15, 0.2) is 0 Å². The van der Waals surface area contributed by atoms with E-state index in [4.69, 9.17) is 4.74 Å². The Balaban J connectivity index is 2.12. The van der Waals surface area contributed by atoms with Crippen molar-refractivity contribution in [2.24, 2.45) is 0 Å². The van der Waals surface area contributed by atoms with Crippen molar-refractivity contribution in [1.82, 2.24) is 4.90 Å². The zero-order valence-corrected chi connectivity index (χ0v) is 13.3. The minimum Gasteiger partial charge on any atom is -0.444 e. The summed E-state index contributed by atoms with van der Waals surface area (Å²) in [7, 11) is 2.02. The summed E-state index contributed by atoms with van der Waals surface area (Å²) in [5.74, 6) is 0. The number of rotatable bonds is 1. The summed E-state index contributed by atoms with van der Waals surface area (Å²) in [6, 6.07) is 7.85. The minimum atomic E-state index is -0.983. The Labute approximate surface area is 127 Å². The maximum Gasteiger partial charge on any atom is 0.410 e. The summed E-state index contributed by atoms with van der Waals surface area (Å²) in [6.45, 7) is 6.46. The van der Waals surface area contributed by atoms with Gasteiger partial charge in [-0.2, -0.15) is 0 Å². The molecule has 21 heavy (non-hydrogen) atoms. The smallest absolute Gasteiger partial charge is 0.410 e. The maximum absolute atomic E-state index is 12.2. The number of carbonyl (C=O) groups is 1. The molecule has 0 aromatic heterocycles. The molecule has 1 aromatic carbocycles. The van der Waals surface area contributed by atoms with E-state index >= 15 is 0 Å². The summed E-state index contributed by atoms with van der Waals surface area (Å²) in [6.07, 6.45) is 1.08. The fraction of sp³-hybridized carbons (Fsp3) is 0.562. The molecule has 0 spiro atoms. The van der Waals surface area contributed by atoms with Gasteiger partial charge in [0.2, 0.25) is 0 Å². The third kappa shape index (κ3) is 4.00. The molecule has 1 N–H and O–H groups in total. The Morgan fingerprint density at radius 2 is 1.95 bits per heavy atom. The molecule has 5 heteroatoms. The number of hydrogen-bond donors (Lipinski definition) is 1. The molecule has 0 aliphatic carbocycles. The highest BCUT2D eigenvalue weighted by Gasteiger charge is 2.38. The quantitative estimate of drug-likeness (QED) is 0.789. The summed E-state index contributed by atoms with van der Waals surface area (Å²) in [4.78, 5) is 13.8. The van der Waals surface area contributed by atoms with Crippen LogP contribution in [0.5, 0.6) is 0 Å². The number of β-amino-alcohol motifs (C(OH)–C–C–N with tert-alkyl or cyclic N) is 1. The van der Waals surface area contributed by atoms with E-state index in [2.05, 4.69) is 0 Å². The van der Waals surface area contributed by atoms with Gasteiger partial charge < -0.3 is 14.7 Å². The van der Waals surface area contributed by atoms with E-state index in [9.17, 15) is 9.90 Å². The first-order chi connectivity index (χ1) is 9.70. The van der Waals surface area contributed by atoms with Crippen LogP contribution in [0.4, 0.5) is 4.79 Å². The first kappa shape index (κ1) is 15.9. The zero-order chi connectivity index (χ0) is 15.7. The van der Waals surface area contributed by atoms with E-state index in [1.165, 1.54) is 0 Å². The SMILES string of the molecule is Bc1ccc(C2(O)CCCN(C(=O)OC(C)(C)C)C2)cc1. The van der Waals surface area contributed by atoms with Crippen molar-refractivity contribution in [3.63, 3.8) is 0 Å². The van der Waals surface area contributed by atoms with Crippen LogP contribution in [0.3, 0.4) is 0 Å². The van der Waals surface area contributed by atoms with E-state index < -0.39 is 11.2 Å². The van der Waals surface area contributed by atoms with Crippen LogP contribution in [0, 0.1) is 0 Å². The summed E-state index contributed by atoms with van der Waals surface area (Å²) >= 11 is 0. The largest absolute Gasteiger partial charge is 0.444 e. The number of carbonyl (C=O) groups excluding carboxylic acids is 1. The predicted molar refractivity (Wildman–Crippen MR) is 85.6 cm³/mol. The number of likely N-dealkylation sites (tertiary alicyclic amines) is 1. The van der Waals surface area contributed by atoms with E-state index in [1.54, 1.807) is 4.90 Å². The second-order valence-electron chi connectivity index (χ2n) is 6.90. The van der Waals surface area contributed by atoms with E-state index in [1.807, 2.05) is 52.9 Å². The molecule has 2 rings (SSSR count). The van der Waals surface area contributed by atoms with Gasteiger partial charge >= 0.3 is 6.09 Å². The topological polar surface area (TPSA) is 49.8 Å². The minimum absolute atomic E-state index is 0.283. The van der Waals surface area contributed by atoms with Gasteiger partial charge in [-0.25, -0.2) is 4.79 Å². The molecule has 114 valence electrons. The van der Waals surface area contributed by atoms with Crippen molar-refractivity contribution in [3.05, 3.63) is 29.8 Å². The number of amides is 1. The Bertz CT molecular complexity index is 509. The molecule has 1 fully saturated rings. The fourth-order valence-corrected chi connectivity index (χ4v) is 2.62. The lowest BCUT2D eigenvalue weighted by Crippen LogP contribution is -2.49. The first-order valence-electron chi connectivity index (χ1n) is 7.47. The second kappa shape index (κ2) is 5.72. The molecule has 1 aliphatic heterocycles. The van der Waals surface area contributed by atoms with Gasteiger partial charge in [0.25, 0.3) is 0 Å². The molecular formula is C16H24BNO3. The Morgan fingerprint density at radius 1 is 1.33 bits per heavy atom. The molecule has 1 atom stereocenters. The van der Waals surface area contributed by atoms with Crippen molar-refractivity contribution in [2.45, 2.75) is 44.8 Å². The second-order valence-corrected chi connectivity index (χ2v) is 6.90. The molecule has 1 unspecified atom stereocenters. The highest BCUT2D eigenvalue weighted by atomic mass is 16.6.